The molecule has 1 saturated heterocycles. The van der Waals surface area contributed by atoms with Gasteiger partial charge in [-0.2, -0.15) is 11.4 Å². The SMILES string of the molecule is [CH2-]CC1CCN(c2ccn3c(n2)nc2ccccc23)C1.[Fe]. The zero-order chi connectivity index (χ0) is 13.5. The van der Waals surface area contributed by atoms with Crippen LogP contribution >= 0.6 is 0 Å². The van der Waals surface area contributed by atoms with Gasteiger partial charge in [-0.25, -0.2) is 4.98 Å². The number of hydrogen-bond acceptors (Lipinski definition) is 3. The van der Waals surface area contributed by atoms with Gasteiger partial charge in [-0.3, -0.25) is 4.40 Å². The molecular weight excluding hydrogens is 304 g/mol. The van der Waals surface area contributed by atoms with Crippen molar-refractivity contribution in [3.05, 3.63) is 43.5 Å². The van der Waals surface area contributed by atoms with Gasteiger partial charge in [0.15, 0.2) is 0 Å². The average Bonchev–Trinajstić information content (AvgIpc) is 3.10. The molecule has 3 aromatic rings. The van der Waals surface area contributed by atoms with E-state index in [1.165, 1.54) is 6.42 Å². The Balaban J connectivity index is 0.00000132. The van der Waals surface area contributed by atoms with Gasteiger partial charge in [-0.1, -0.05) is 12.1 Å². The molecule has 0 N–H and O–H groups in total. The second kappa shape index (κ2) is 5.66. The Morgan fingerprint density at radius 1 is 1.19 bits per heavy atom. The number of anilines is 1. The summed E-state index contributed by atoms with van der Waals surface area (Å²) in [6, 6.07) is 10.2. The molecular formula is C16H17FeN4-. The maximum Gasteiger partial charge on any atom is 0.236 e. The van der Waals surface area contributed by atoms with Crippen molar-refractivity contribution in [3.63, 3.8) is 0 Å². The van der Waals surface area contributed by atoms with E-state index in [9.17, 15) is 0 Å². The summed E-state index contributed by atoms with van der Waals surface area (Å²) in [6.07, 6.45) is 4.29. The fraction of sp³-hybridized carbons (Fsp3) is 0.312. The molecule has 0 radical (unpaired) electrons. The Hall–Kier alpha value is -1.58. The summed E-state index contributed by atoms with van der Waals surface area (Å²) in [5, 5.41) is 0. The minimum absolute atomic E-state index is 0. The molecule has 2 aromatic heterocycles. The quantitative estimate of drug-likeness (QED) is 0.537. The molecule has 0 amide bonds. The molecule has 21 heavy (non-hydrogen) atoms. The number of imidazole rings is 1. The van der Waals surface area contributed by atoms with Crippen LogP contribution in [0.4, 0.5) is 5.82 Å². The molecule has 1 aromatic carbocycles. The topological polar surface area (TPSA) is 33.4 Å². The molecule has 1 fully saturated rings. The van der Waals surface area contributed by atoms with E-state index in [2.05, 4.69) is 35.1 Å². The first kappa shape index (κ1) is 14.4. The largest absolute Gasteiger partial charge is 0.356 e. The van der Waals surface area contributed by atoms with Gasteiger partial charge < -0.3 is 11.8 Å². The van der Waals surface area contributed by atoms with Crippen LogP contribution in [0.3, 0.4) is 0 Å². The molecule has 5 heteroatoms. The van der Waals surface area contributed by atoms with Crippen LogP contribution in [0.1, 0.15) is 12.8 Å². The molecule has 110 valence electrons. The summed E-state index contributed by atoms with van der Waals surface area (Å²) in [7, 11) is 0. The zero-order valence-corrected chi connectivity index (χ0v) is 12.8. The zero-order valence-electron chi connectivity index (χ0n) is 11.7. The first-order valence-electron chi connectivity index (χ1n) is 7.13. The maximum absolute atomic E-state index is 4.72. The van der Waals surface area contributed by atoms with Crippen molar-refractivity contribution in [2.45, 2.75) is 12.8 Å². The molecule has 0 saturated carbocycles. The Labute approximate surface area is 134 Å². The van der Waals surface area contributed by atoms with E-state index in [0.717, 1.165) is 42.1 Å². The number of hydrogen-bond donors (Lipinski definition) is 0. The van der Waals surface area contributed by atoms with E-state index < -0.39 is 0 Å². The normalized spacial score (nSPS) is 18.3. The Kier molecular flexibility index (Phi) is 3.87. The maximum atomic E-state index is 4.72. The van der Waals surface area contributed by atoms with Gasteiger partial charge >= 0.3 is 0 Å². The van der Waals surface area contributed by atoms with E-state index >= 15 is 0 Å². The van der Waals surface area contributed by atoms with Gasteiger partial charge in [0, 0.05) is 36.4 Å². The van der Waals surface area contributed by atoms with E-state index in [1.807, 2.05) is 22.6 Å². The summed E-state index contributed by atoms with van der Waals surface area (Å²) >= 11 is 0. The molecule has 1 atom stereocenters. The van der Waals surface area contributed by atoms with Gasteiger partial charge in [0.1, 0.15) is 5.82 Å². The number of nitrogens with zero attached hydrogens (tertiary/aromatic N) is 4. The van der Waals surface area contributed by atoms with Crippen LogP contribution in [0, 0.1) is 12.8 Å². The van der Waals surface area contributed by atoms with Crippen molar-refractivity contribution >= 4 is 22.6 Å². The van der Waals surface area contributed by atoms with Gasteiger partial charge in [0.2, 0.25) is 5.78 Å². The first-order chi connectivity index (χ1) is 9.85. The molecule has 1 unspecified atom stereocenters. The van der Waals surface area contributed by atoms with Crippen molar-refractivity contribution < 1.29 is 17.1 Å². The smallest absolute Gasteiger partial charge is 0.236 e. The van der Waals surface area contributed by atoms with Crippen LogP contribution in [0.15, 0.2) is 36.5 Å². The van der Waals surface area contributed by atoms with Gasteiger partial charge in [0.05, 0.1) is 11.0 Å². The summed E-state index contributed by atoms with van der Waals surface area (Å²) in [5.74, 6) is 2.51. The molecule has 4 rings (SSSR count). The van der Waals surface area contributed by atoms with E-state index in [0.29, 0.717) is 5.92 Å². The average molecular weight is 321 g/mol. The molecule has 0 aliphatic carbocycles. The van der Waals surface area contributed by atoms with Crippen molar-refractivity contribution in [1.82, 2.24) is 14.4 Å². The van der Waals surface area contributed by atoms with Crippen LogP contribution in [-0.2, 0) is 17.1 Å². The number of benzene rings is 1. The Bertz CT molecular complexity index is 767. The second-order valence-corrected chi connectivity index (χ2v) is 5.45. The van der Waals surface area contributed by atoms with Crippen molar-refractivity contribution in [3.8, 4) is 0 Å². The number of para-hydroxylation sites is 2. The van der Waals surface area contributed by atoms with Crippen LogP contribution in [0.2, 0.25) is 0 Å². The van der Waals surface area contributed by atoms with E-state index in [-0.39, 0.29) is 17.1 Å². The van der Waals surface area contributed by atoms with E-state index in [1.54, 1.807) is 0 Å². The standard InChI is InChI=1S/C16H17N4.Fe/c1-2-12-7-9-19(11-12)15-8-10-20-14-6-4-3-5-13(14)17-16(20)18-15;/h3-6,8,10,12H,1-2,7,9,11H2;/q-1;. The minimum atomic E-state index is 0. The van der Waals surface area contributed by atoms with Crippen LogP contribution in [-0.4, -0.2) is 27.5 Å². The Morgan fingerprint density at radius 2 is 2.05 bits per heavy atom. The molecule has 3 heterocycles. The Morgan fingerprint density at radius 3 is 2.86 bits per heavy atom. The number of rotatable bonds is 2. The molecule has 4 nitrogen and oxygen atoms in total. The first-order valence-corrected chi connectivity index (χ1v) is 7.13. The second-order valence-electron chi connectivity index (χ2n) is 5.45. The predicted molar refractivity (Wildman–Crippen MR) is 80.8 cm³/mol. The fourth-order valence-corrected chi connectivity index (χ4v) is 2.99. The van der Waals surface area contributed by atoms with Crippen LogP contribution < -0.4 is 4.90 Å². The minimum Gasteiger partial charge on any atom is -0.356 e. The fourth-order valence-electron chi connectivity index (χ4n) is 2.99. The van der Waals surface area contributed by atoms with Gasteiger partial charge in [-0.05, 0) is 30.5 Å². The number of aromatic nitrogens is 3. The third-order valence-electron chi connectivity index (χ3n) is 4.18. The predicted octanol–water partition coefficient (Wildman–Crippen LogP) is 2.93. The summed E-state index contributed by atoms with van der Waals surface area (Å²) < 4.78 is 2.05. The third kappa shape index (κ3) is 2.41. The molecule has 0 bridgehead atoms. The van der Waals surface area contributed by atoms with Crippen molar-refractivity contribution in [1.29, 1.82) is 0 Å². The number of fused-ring (bicyclic) bond motifs is 3. The summed E-state index contributed by atoms with van der Waals surface area (Å²) in [5.41, 5.74) is 2.10. The molecule has 1 aliphatic rings. The monoisotopic (exact) mass is 321 g/mol. The van der Waals surface area contributed by atoms with Crippen LogP contribution in [0.25, 0.3) is 16.8 Å². The third-order valence-corrected chi connectivity index (χ3v) is 4.18. The van der Waals surface area contributed by atoms with Gasteiger partial charge in [0.25, 0.3) is 0 Å². The van der Waals surface area contributed by atoms with Gasteiger partial charge in [-0.15, -0.1) is 0 Å². The molecule has 1 aliphatic heterocycles. The van der Waals surface area contributed by atoms with E-state index in [4.69, 9.17) is 4.98 Å². The van der Waals surface area contributed by atoms with Crippen LogP contribution in [0.5, 0.6) is 0 Å². The van der Waals surface area contributed by atoms with Crippen molar-refractivity contribution in [2.75, 3.05) is 18.0 Å². The summed E-state index contributed by atoms with van der Waals surface area (Å²) in [4.78, 5) is 11.7. The summed E-state index contributed by atoms with van der Waals surface area (Å²) in [6.45, 7) is 6.15. The van der Waals surface area contributed by atoms with Crippen molar-refractivity contribution in [2.24, 2.45) is 5.92 Å². The molecule has 0 spiro atoms.